The van der Waals surface area contributed by atoms with Crippen LogP contribution < -0.4 is 5.32 Å². The maximum Gasteiger partial charge on any atom is 0.179 e. The van der Waals surface area contributed by atoms with Gasteiger partial charge < -0.3 is 10.4 Å². The Morgan fingerprint density at radius 2 is 1.82 bits per heavy atom. The van der Waals surface area contributed by atoms with Gasteiger partial charge in [0.1, 0.15) is 5.75 Å². The van der Waals surface area contributed by atoms with Gasteiger partial charge in [0, 0.05) is 42.7 Å². The minimum absolute atomic E-state index is 0.0326. The Morgan fingerprint density at radius 3 is 2.53 bits per heavy atom. The van der Waals surface area contributed by atoms with Gasteiger partial charge in [0.05, 0.1) is 0 Å². The van der Waals surface area contributed by atoms with Gasteiger partial charge in [-0.3, -0.25) is 4.90 Å². The number of aromatic hydroxyl groups is 1. The fourth-order valence-electron chi connectivity index (χ4n) is 5.16. The highest BCUT2D eigenvalue weighted by atomic mass is 16.3. The molecule has 0 spiro atoms. The predicted molar refractivity (Wildman–Crippen MR) is 132 cm³/mol. The highest BCUT2D eigenvalue weighted by molar-refractivity contribution is 5.55. The average molecular weight is 455 g/mol. The molecule has 0 aliphatic carbocycles. The van der Waals surface area contributed by atoms with E-state index >= 15 is 0 Å². The largest absolute Gasteiger partial charge is 0.508 e. The van der Waals surface area contributed by atoms with Gasteiger partial charge in [0.2, 0.25) is 0 Å². The molecular formula is C27H30N6O. The molecule has 34 heavy (non-hydrogen) atoms. The smallest absolute Gasteiger partial charge is 0.179 e. The van der Waals surface area contributed by atoms with Crippen molar-refractivity contribution in [1.29, 1.82) is 0 Å². The van der Waals surface area contributed by atoms with E-state index in [0.717, 1.165) is 30.8 Å². The molecule has 0 radical (unpaired) electrons. The fraction of sp³-hybridized carbons (Fsp3) is 0.296. The molecule has 0 saturated carbocycles. The summed E-state index contributed by atoms with van der Waals surface area (Å²) >= 11 is 0. The van der Waals surface area contributed by atoms with Crippen LogP contribution in [0.25, 0.3) is 11.4 Å². The Kier molecular flexibility index (Phi) is 6.13. The lowest BCUT2D eigenvalue weighted by Gasteiger charge is -2.52. The van der Waals surface area contributed by atoms with Gasteiger partial charge in [-0.05, 0) is 53.1 Å². The fourth-order valence-corrected chi connectivity index (χ4v) is 5.16. The third-order valence-corrected chi connectivity index (χ3v) is 6.93. The van der Waals surface area contributed by atoms with E-state index in [1.165, 1.54) is 11.1 Å². The topological polar surface area (TPSA) is 90.0 Å². The lowest BCUT2D eigenvalue weighted by Crippen LogP contribution is -2.64. The first-order chi connectivity index (χ1) is 16.5. The zero-order chi connectivity index (χ0) is 23.5. The van der Waals surface area contributed by atoms with Crippen molar-refractivity contribution in [2.45, 2.75) is 37.9 Å². The maximum absolute atomic E-state index is 10.3. The van der Waals surface area contributed by atoms with E-state index in [2.05, 4.69) is 105 Å². The van der Waals surface area contributed by atoms with Crippen LogP contribution in [0.5, 0.6) is 5.75 Å². The highest BCUT2D eigenvalue weighted by Gasteiger charge is 2.44. The van der Waals surface area contributed by atoms with E-state index in [-0.39, 0.29) is 17.2 Å². The standard InChI is InChI=1S/C27H30N6O/c1-19-16-33(17-20-7-4-3-5-8-20)27(2,18-28-19)25(23-9-6-10-24(34)15-23)21-11-13-22(14-12-21)26-29-31-32-30-26/h3-15,19,25,28,34H,16-18H2,1-2H3,(H,29,30,31,32)/t19?,25-,27?/m1/s1. The summed E-state index contributed by atoms with van der Waals surface area (Å²) in [6.45, 7) is 7.19. The van der Waals surface area contributed by atoms with Crippen molar-refractivity contribution < 1.29 is 5.11 Å². The van der Waals surface area contributed by atoms with Crippen LogP contribution in [0.2, 0.25) is 0 Å². The summed E-state index contributed by atoms with van der Waals surface area (Å²) in [6, 6.07) is 27.1. The van der Waals surface area contributed by atoms with Crippen molar-refractivity contribution in [1.82, 2.24) is 30.8 Å². The normalized spacial score (nSPS) is 21.9. The molecule has 1 aliphatic rings. The molecule has 1 aliphatic heterocycles. The number of aromatic nitrogens is 4. The number of H-pyrrole nitrogens is 1. The van der Waals surface area contributed by atoms with Gasteiger partial charge >= 0.3 is 0 Å². The Hall–Kier alpha value is -3.55. The number of nitrogens with one attached hydrogen (secondary N) is 2. The first-order valence-corrected chi connectivity index (χ1v) is 11.7. The molecule has 3 N–H and O–H groups in total. The van der Waals surface area contributed by atoms with Gasteiger partial charge in [-0.25, -0.2) is 5.10 Å². The van der Waals surface area contributed by atoms with Gasteiger partial charge in [0.15, 0.2) is 5.82 Å². The second-order valence-corrected chi connectivity index (χ2v) is 9.41. The van der Waals surface area contributed by atoms with Gasteiger partial charge in [-0.2, -0.15) is 0 Å². The Labute approximate surface area is 199 Å². The molecule has 2 unspecified atom stereocenters. The molecule has 1 saturated heterocycles. The van der Waals surface area contributed by atoms with Crippen LogP contribution in [0.4, 0.5) is 0 Å². The zero-order valence-electron chi connectivity index (χ0n) is 19.5. The number of piperazine rings is 1. The van der Waals surface area contributed by atoms with E-state index in [1.54, 1.807) is 6.07 Å². The Morgan fingerprint density at radius 1 is 1.03 bits per heavy atom. The number of hydrogen-bond acceptors (Lipinski definition) is 6. The van der Waals surface area contributed by atoms with Gasteiger partial charge in [0.25, 0.3) is 0 Å². The first-order valence-electron chi connectivity index (χ1n) is 11.7. The summed E-state index contributed by atoms with van der Waals surface area (Å²) < 4.78 is 0. The Balaban J connectivity index is 1.58. The molecule has 1 aromatic heterocycles. The van der Waals surface area contributed by atoms with Crippen LogP contribution in [0.15, 0.2) is 78.9 Å². The molecule has 4 aromatic rings. The molecule has 3 atom stereocenters. The van der Waals surface area contributed by atoms with E-state index < -0.39 is 0 Å². The number of benzene rings is 3. The molecule has 0 bridgehead atoms. The van der Waals surface area contributed by atoms with Crippen LogP contribution in [0.3, 0.4) is 0 Å². The van der Waals surface area contributed by atoms with Crippen molar-refractivity contribution in [2.75, 3.05) is 13.1 Å². The van der Waals surface area contributed by atoms with E-state index in [4.69, 9.17) is 0 Å². The lowest BCUT2D eigenvalue weighted by molar-refractivity contribution is 0.0356. The van der Waals surface area contributed by atoms with E-state index in [1.807, 2.05) is 12.1 Å². The maximum atomic E-state index is 10.3. The van der Waals surface area contributed by atoms with Crippen LogP contribution in [-0.2, 0) is 6.54 Å². The molecule has 5 rings (SSSR count). The first kappa shape index (κ1) is 22.3. The monoisotopic (exact) mass is 454 g/mol. The summed E-state index contributed by atoms with van der Waals surface area (Å²) in [6.07, 6.45) is 0. The molecule has 2 heterocycles. The van der Waals surface area contributed by atoms with Crippen LogP contribution in [0, 0.1) is 0 Å². The van der Waals surface area contributed by atoms with Crippen molar-refractivity contribution >= 4 is 0 Å². The number of phenolic OH excluding ortho intramolecular Hbond substituents is 1. The van der Waals surface area contributed by atoms with Crippen molar-refractivity contribution in [3.8, 4) is 17.1 Å². The molecule has 0 amide bonds. The Bertz CT molecular complexity index is 1210. The zero-order valence-corrected chi connectivity index (χ0v) is 19.5. The molecule has 7 nitrogen and oxygen atoms in total. The number of nitrogens with zero attached hydrogens (tertiary/aromatic N) is 4. The average Bonchev–Trinajstić information content (AvgIpc) is 3.38. The second-order valence-electron chi connectivity index (χ2n) is 9.41. The number of tetrazole rings is 1. The molecule has 7 heteroatoms. The number of aromatic amines is 1. The van der Waals surface area contributed by atoms with Crippen LogP contribution in [0.1, 0.15) is 36.5 Å². The van der Waals surface area contributed by atoms with Gasteiger partial charge in [-0.15, -0.1) is 5.10 Å². The van der Waals surface area contributed by atoms with Crippen LogP contribution >= 0.6 is 0 Å². The third kappa shape index (κ3) is 4.44. The number of phenols is 1. The molecule has 174 valence electrons. The molecular weight excluding hydrogens is 424 g/mol. The van der Waals surface area contributed by atoms with E-state index in [0.29, 0.717) is 11.9 Å². The highest BCUT2D eigenvalue weighted by Crippen LogP contribution is 2.42. The quantitative estimate of drug-likeness (QED) is 0.409. The molecule has 1 fully saturated rings. The van der Waals surface area contributed by atoms with Crippen molar-refractivity contribution in [3.63, 3.8) is 0 Å². The summed E-state index contributed by atoms with van der Waals surface area (Å²) in [5.74, 6) is 0.956. The summed E-state index contributed by atoms with van der Waals surface area (Å²) in [7, 11) is 0. The summed E-state index contributed by atoms with van der Waals surface area (Å²) in [5, 5.41) is 28.3. The predicted octanol–water partition coefficient (Wildman–Crippen LogP) is 3.96. The lowest BCUT2D eigenvalue weighted by atomic mass is 9.73. The number of hydrogen-bond donors (Lipinski definition) is 3. The molecule has 3 aromatic carbocycles. The van der Waals surface area contributed by atoms with Crippen molar-refractivity contribution in [2.24, 2.45) is 0 Å². The van der Waals surface area contributed by atoms with E-state index in [9.17, 15) is 5.11 Å². The third-order valence-electron chi connectivity index (χ3n) is 6.93. The summed E-state index contributed by atoms with van der Waals surface area (Å²) in [4.78, 5) is 2.59. The van der Waals surface area contributed by atoms with Crippen LogP contribution in [-0.4, -0.2) is 55.3 Å². The summed E-state index contributed by atoms with van der Waals surface area (Å²) in [5.41, 5.74) is 4.27. The minimum atomic E-state index is -0.231. The van der Waals surface area contributed by atoms with Crippen molar-refractivity contribution in [3.05, 3.63) is 95.6 Å². The van der Waals surface area contributed by atoms with Gasteiger partial charge in [-0.1, -0.05) is 66.7 Å². The minimum Gasteiger partial charge on any atom is -0.508 e. The second kappa shape index (κ2) is 9.37. The number of rotatable bonds is 6. The SMILES string of the molecule is CC1CN(Cc2ccccc2)C(C)([C@H](c2ccc(-c3nnn[nH]3)cc2)c2cccc(O)c2)CN1.